The van der Waals surface area contributed by atoms with E-state index in [0.29, 0.717) is 11.7 Å². The molecule has 1 aromatic rings. The van der Waals surface area contributed by atoms with Crippen LogP contribution in [0.3, 0.4) is 0 Å². The molecule has 1 atom stereocenters. The number of benzene rings is 1. The number of rotatable bonds is 0. The lowest BCUT2D eigenvalue weighted by Gasteiger charge is -2.19. The topological polar surface area (TPSA) is 17.1 Å². The Morgan fingerprint density at radius 3 is 2.19 bits per heavy atom. The third kappa shape index (κ3) is 3.80. The molecule has 0 spiro atoms. The normalized spacial score (nSPS) is 17.3. The third-order valence-corrected chi connectivity index (χ3v) is 2.42. The van der Waals surface area contributed by atoms with Crippen LogP contribution in [-0.4, -0.2) is 5.78 Å². The largest absolute Gasteiger partial charge is 0.294 e. The summed E-state index contributed by atoms with van der Waals surface area (Å²) >= 11 is 0. The standard InChI is InChI=1S/C11H12O.2C2H6/c1-8-6-9-4-2-3-5-10(9)11(12)7-8;2*1-2/h2-5,8H,6-7H2,1H3;2*1-2H3. The highest BCUT2D eigenvalue weighted by Crippen LogP contribution is 2.24. The van der Waals surface area contributed by atoms with Gasteiger partial charge in [-0.2, -0.15) is 0 Å². The second-order valence-electron chi connectivity index (χ2n) is 3.59. The first-order valence-electron chi connectivity index (χ1n) is 6.38. The van der Waals surface area contributed by atoms with E-state index < -0.39 is 0 Å². The van der Waals surface area contributed by atoms with E-state index in [4.69, 9.17) is 0 Å². The van der Waals surface area contributed by atoms with E-state index in [2.05, 4.69) is 13.0 Å². The van der Waals surface area contributed by atoms with E-state index in [1.807, 2.05) is 45.9 Å². The van der Waals surface area contributed by atoms with Crippen LogP contribution in [-0.2, 0) is 6.42 Å². The molecule has 1 unspecified atom stereocenters. The summed E-state index contributed by atoms with van der Waals surface area (Å²) in [6.45, 7) is 10.1. The number of carbonyl (C=O) groups excluding carboxylic acids is 1. The van der Waals surface area contributed by atoms with Crippen LogP contribution < -0.4 is 0 Å². The smallest absolute Gasteiger partial charge is 0.163 e. The summed E-state index contributed by atoms with van der Waals surface area (Å²) in [4.78, 5) is 11.5. The molecule has 0 saturated carbocycles. The minimum atomic E-state index is 0.310. The Hall–Kier alpha value is -1.11. The predicted molar refractivity (Wildman–Crippen MR) is 71.0 cm³/mol. The van der Waals surface area contributed by atoms with E-state index in [0.717, 1.165) is 18.4 Å². The third-order valence-electron chi connectivity index (χ3n) is 2.42. The Morgan fingerprint density at radius 2 is 1.56 bits per heavy atom. The average Bonchev–Trinajstić information content (AvgIpc) is 2.34. The number of carbonyl (C=O) groups is 1. The summed E-state index contributed by atoms with van der Waals surface area (Å²) in [5.41, 5.74) is 2.16. The van der Waals surface area contributed by atoms with Gasteiger partial charge in [-0.15, -0.1) is 0 Å². The zero-order valence-electron chi connectivity index (χ0n) is 11.2. The molecule has 0 aliphatic heterocycles. The lowest BCUT2D eigenvalue weighted by atomic mass is 9.84. The van der Waals surface area contributed by atoms with E-state index in [-0.39, 0.29) is 0 Å². The van der Waals surface area contributed by atoms with Crippen molar-refractivity contribution in [2.75, 3.05) is 0 Å². The second kappa shape index (κ2) is 8.09. The van der Waals surface area contributed by atoms with Crippen molar-refractivity contribution in [3.63, 3.8) is 0 Å². The van der Waals surface area contributed by atoms with Gasteiger partial charge in [-0.05, 0) is 17.9 Å². The van der Waals surface area contributed by atoms with Gasteiger partial charge < -0.3 is 0 Å². The summed E-state index contributed by atoms with van der Waals surface area (Å²) in [5, 5.41) is 0. The predicted octanol–water partition coefficient (Wildman–Crippen LogP) is 4.50. The first-order valence-corrected chi connectivity index (χ1v) is 6.38. The highest BCUT2D eigenvalue weighted by molar-refractivity contribution is 5.98. The van der Waals surface area contributed by atoms with Crippen molar-refractivity contribution < 1.29 is 4.79 Å². The molecule has 0 radical (unpaired) electrons. The summed E-state index contributed by atoms with van der Waals surface area (Å²) in [6, 6.07) is 7.93. The van der Waals surface area contributed by atoms with Crippen LogP contribution in [0.25, 0.3) is 0 Å². The van der Waals surface area contributed by atoms with Gasteiger partial charge in [0, 0.05) is 12.0 Å². The summed E-state index contributed by atoms with van der Waals surface area (Å²) < 4.78 is 0. The van der Waals surface area contributed by atoms with E-state index >= 15 is 0 Å². The van der Waals surface area contributed by atoms with Crippen molar-refractivity contribution in [3.8, 4) is 0 Å². The Kier molecular flexibility index (Phi) is 7.53. The number of hydrogen-bond acceptors (Lipinski definition) is 1. The molecular formula is C15H24O. The molecule has 1 heteroatoms. The maximum atomic E-state index is 11.5. The van der Waals surface area contributed by atoms with Gasteiger partial charge in [0.1, 0.15) is 0 Å². The molecule has 1 aromatic carbocycles. The fourth-order valence-corrected chi connectivity index (χ4v) is 1.84. The van der Waals surface area contributed by atoms with Crippen LogP contribution >= 0.6 is 0 Å². The zero-order chi connectivity index (χ0) is 12.6. The number of ketones is 1. The number of Topliss-reactive ketones (excluding diaryl/α,β-unsaturated/α-hetero) is 1. The van der Waals surface area contributed by atoms with E-state index in [1.165, 1.54) is 5.56 Å². The summed E-state index contributed by atoms with van der Waals surface area (Å²) in [7, 11) is 0. The molecule has 0 heterocycles. The van der Waals surface area contributed by atoms with Gasteiger partial charge in [0.2, 0.25) is 0 Å². The number of fused-ring (bicyclic) bond motifs is 1. The quantitative estimate of drug-likeness (QED) is 0.629. The highest BCUT2D eigenvalue weighted by atomic mass is 16.1. The highest BCUT2D eigenvalue weighted by Gasteiger charge is 2.20. The van der Waals surface area contributed by atoms with Crippen LogP contribution in [0.2, 0.25) is 0 Å². The van der Waals surface area contributed by atoms with Crippen molar-refractivity contribution >= 4 is 5.78 Å². The molecular weight excluding hydrogens is 196 g/mol. The van der Waals surface area contributed by atoms with Gasteiger partial charge in [0.05, 0.1) is 0 Å². The van der Waals surface area contributed by atoms with Crippen LogP contribution in [0.15, 0.2) is 24.3 Å². The van der Waals surface area contributed by atoms with Crippen LogP contribution in [0.1, 0.15) is 57.0 Å². The average molecular weight is 220 g/mol. The maximum Gasteiger partial charge on any atom is 0.163 e. The van der Waals surface area contributed by atoms with E-state index in [1.54, 1.807) is 0 Å². The minimum Gasteiger partial charge on any atom is -0.294 e. The zero-order valence-corrected chi connectivity index (χ0v) is 11.2. The first-order chi connectivity index (χ1) is 7.77. The van der Waals surface area contributed by atoms with Crippen molar-refractivity contribution in [3.05, 3.63) is 35.4 Å². The Balaban J connectivity index is 0.000000509. The molecule has 16 heavy (non-hydrogen) atoms. The summed E-state index contributed by atoms with van der Waals surface area (Å²) in [5.74, 6) is 0.830. The fraction of sp³-hybridized carbons (Fsp3) is 0.533. The van der Waals surface area contributed by atoms with Crippen LogP contribution in [0.5, 0.6) is 0 Å². The molecule has 0 aromatic heterocycles. The molecule has 1 aliphatic carbocycles. The molecule has 0 saturated heterocycles. The van der Waals surface area contributed by atoms with Crippen LogP contribution in [0, 0.1) is 5.92 Å². The van der Waals surface area contributed by atoms with Gasteiger partial charge in [0.15, 0.2) is 5.78 Å². The molecule has 0 N–H and O–H groups in total. The Bertz CT molecular complexity index is 315. The minimum absolute atomic E-state index is 0.310. The molecule has 90 valence electrons. The van der Waals surface area contributed by atoms with Crippen molar-refractivity contribution in [1.29, 1.82) is 0 Å². The SMILES string of the molecule is CC.CC.CC1CC(=O)c2ccccc2C1. The summed E-state index contributed by atoms with van der Waals surface area (Å²) in [6.07, 6.45) is 1.78. The fourth-order valence-electron chi connectivity index (χ4n) is 1.84. The first kappa shape index (κ1) is 14.9. The van der Waals surface area contributed by atoms with Gasteiger partial charge in [0.25, 0.3) is 0 Å². The molecule has 0 amide bonds. The Morgan fingerprint density at radius 1 is 1.00 bits per heavy atom. The van der Waals surface area contributed by atoms with Gasteiger partial charge in [-0.25, -0.2) is 0 Å². The monoisotopic (exact) mass is 220 g/mol. The molecule has 0 fully saturated rings. The Labute approximate surface area is 99.9 Å². The van der Waals surface area contributed by atoms with Crippen molar-refractivity contribution in [2.24, 2.45) is 5.92 Å². The number of hydrogen-bond donors (Lipinski definition) is 0. The lowest BCUT2D eigenvalue weighted by Crippen LogP contribution is -2.17. The molecule has 1 nitrogen and oxygen atoms in total. The van der Waals surface area contributed by atoms with Gasteiger partial charge >= 0.3 is 0 Å². The molecule has 1 aliphatic rings. The van der Waals surface area contributed by atoms with Crippen molar-refractivity contribution in [2.45, 2.75) is 47.5 Å². The van der Waals surface area contributed by atoms with Crippen molar-refractivity contribution in [1.82, 2.24) is 0 Å². The lowest BCUT2D eigenvalue weighted by molar-refractivity contribution is 0.0953. The van der Waals surface area contributed by atoms with Crippen LogP contribution in [0.4, 0.5) is 0 Å². The second-order valence-corrected chi connectivity index (χ2v) is 3.59. The molecule has 2 rings (SSSR count). The maximum absolute atomic E-state index is 11.5. The van der Waals surface area contributed by atoms with Gasteiger partial charge in [-0.1, -0.05) is 58.9 Å². The van der Waals surface area contributed by atoms with E-state index in [9.17, 15) is 4.79 Å². The van der Waals surface area contributed by atoms with Gasteiger partial charge in [-0.3, -0.25) is 4.79 Å². The molecule has 0 bridgehead atoms.